The van der Waals surface area contributed by atoms with Crippen LogP contribution in [0.4, 0.5) is 4.79 Å². The molecule has 0 radical (unpaired) electrons. The van der Waals surface area contributed by atoms with Crippen LogP contribution in [0.15, 0.2) is 18.2 Å². The van der Waals surface area contributed by atoms with Crippen LogP contribution in [0.2, 0.25) is 0 Å². The Morgan fingerprint density at radius 3 is 2.62 bits per heavy atom. The van der Waals surface area contributed by atoms with Crippen molar-refractivity contribution in [2.24, 2.45) is 0 Å². The maximum Gasteiger partial charge on any atom is 0.321 e. The molecule has 0 spiro atoms. The molecule has 2 rings (SSSR count). The van der Waals surface area contributed by atoms with Gasteiger partial charge in [-0.1, -0.05) is 30.9 Å². The van der Waals surface area contributed by atoms with Gasteiger partial charge < -0.3 is 15.0 Å². The minimum Gasteiger partial charge on any atom is -0.496 e. The van der Waals surface area contributed by atoms with Gasteiger partial charge in [0.25, 0.3) is 5.91 Å². The van der Waals surface area contributed by atoms with Crippen LogP contribution in [-0.4, -0.2) is 38.2 Å². The van der Waals surface area contributed by atoms with Crippen molar-refractivity contribution in [3.63, 3.8) is 0 Å². The van der Waals surface area contributed by atoms with Crippen molar-refractivity contribution in [3.8, 4) is 5.75 Å². The minimum absolute atomic E-state index is 0.188. The normalized spacial score (nSPS) is 17.2. The molecule has 1 unspecified atom stereocenters. The second kappa shape index (κ2) is 9.57. The fraction of sp³-hybridized carbons (Fsp3) is 0.600. The Hall–Kier alpha value is -2.08. The Morgan fingerprint density at radius 2 is 1.96 bits per heavy atom. The number of likely N-dealkylation sites (N-methyl/N-ethyl adjacent to an activating group) is 1. The first kappa shape index (κ1) is 20.2. The second-order valence-electron chi connectivity index (χ2n) is 7.36. The molecule has 1 aromatic carbocycles. The zero-order valence-corrected chi connectivity index (χ0v) is 16.4. The van der Waals surface area contributed by atoms with Crippen molar-refractivity contribution in [2.75, 3.05) is 14.2 Å². The summed E-state index contributed by atoms with van der Waals surface area (Å²) >= 11 is 0. The Kier molecular flexibility index (Phi) is 7.45. The number of imide groups is 1. The summed E-state index contributed by atoms with van der Waals surface area (Å²) in [6.45, 7) is 4.51. The zero-order valence-electron chi connectivity index (χ0n) is 16.4. The number of urea groups is 1. The average molecular weight is 362 g/mol. The monoisotopic (exact) mass is 362 g/mol. The molecule has 0 saturated heterocycles. The number of rotatable bonds is 6. The van der Waals surface area contributed by atoms with Crippen LogP contribution in [-0.2, 0) is 11.3 Å². The highest BCUT2D eigenvalue weighted by atomic mass is 16.5. The summed E-state index contributed by atoms with van der Waals surface area (Å²) < 4.78 is 5.41. The summed E-state index contributed by atoms with van der Waals surface area (Å²) in [5.41, 5.74) is 2.20. The average Bonchev–Trinajstić information content (AvgIpc) is 2.61. The summed E-state index contributed by atoms with van der Waals surface area (Å²) in [6, 6.07) is 5.48. The molecule has 6 heteroatoms. The topological polar surface area (TPSA) is 71.9 Å². The maximum absolute atomic E-state index is 12.4. The number of ether oxygens (including phenoxy) is 1. The van der Waals surface area contributed by atoms with Gasteiger partial charge in [0.1, 0.15) is 12.3 Å². The van der Waals surface area contributed by atoms with Crippen LogP contribution < -0.4 is 20.3 Å². The van der Waals surface area contributed by atoms with Gasteiger partial charge in [0.15, 0.2) is 6.04 Å². The van der Waals surface area contributed by atoms with E-state index in [1.807, 2.05) is 33.0 Å². The van der Waals surface area contributed by atoms with Gasteiger partial charge in [-0.15, -0.1) is 0 Å². The molecule has 0 aromatic heterocycles. The molecule has 1 aromatic rings. The maximum atomic E-state index is 12.4. The fourth-order valence-electron chi connectivity index (χ4n) is 3.41. The third kappa shape index (κ3) is 5.73. The van der Waals surface area contributed by atoms with Crippen molar-refractivity contribution in [3.05, 3.63) is 29.3 Å². The number of aryl methyl sites for hydroxylation is 1. The molecule has 2 atom stereocenters. The summed E-state index contributed by atoms with van der Waals surface area (Å²) in [6.07, 6.45) is 5.50. The standard InChI is InChI=1S/C20H31N3O3/c1-14-10-11-18(26-4)16(12-14)13-23(3)15(2)19(24)22-20(25)21-17-8-6-5-7-9-17/h10-12,15,17H,5-9,13H2,1-4H3,(H2,21,22,24,25)/p+1/t15-/m1/s1. The first-order chi connectivity index (χ1) is 12.4. The number of methoxy groups -OCH3 is 1. The van der Waals surface area contributed by atoms with E-state index >= 15 is 0 Å². The Bertz CT molecular complexity index is 627. The molecule has 6 nitrogen and oxygen atoms in total. The van der Waals surface area contributed by atoms with Gasteiger partial charge >= 0.3 is 6.03 Å². The molecular formula is C20H32N3O3+. The van der Waals surface area contributed by atoms with E-state index in [0.29, 0.717) is 6.54 Å². The molecule has 1 aliphatic rings. The number of carbonyl (C=O) groups excluding carboxylic acids is 2. The van der Waals surface area contributed by atoms with E-state index in [0.717, 1.165) is 47.5 Å². The van der Waals surface area contributed by atoms with E-state index in [4.69, 9.17) is 4.74 Å². The van der Waals surface area contributed by atoms with Crippen LogP contribution in [0.1, 0.15) is 50.2 Å². The number of amides is 3. The molecular weight excluding hydrogens is 330 g/mol. The largest absolute Gasteiger partial charge is 0.496 e. The van der Waals surface area contributed by atoms with Crippen LogP contribution in [0.25, 0.3) is 0 Å². The van der Waals surface area contributed by atoms with Gasteiger partial charge in [0, 0.05) is 11.6 Å². The highest BCUT2D eigenvalue weighted by Gasteiger charge is 2.25. The molecule has 0 aliphatic heterocycles. The van der Waals surface area contributed by atoms with Crippen molar-refractivity contribution in [2.45, 2.75) is 64.6 Å². The summed E-state index contributed by atoms with van der Waals surface area (Å²) in [7, 11) is 3.60. The molecule has 26 heavy (non-hydrogen) atoms. The van der Waals surface area contributed by atoms with Gasteiger partial charge in [0.05, 0.1) is 14.2 Å². The fourth-order valence-corrected chi connectivity index (χ4v) is 3.41. The highest BCUT2D eigenvalue weighted by molar-refractivity contribution is 5.96. The third-order valence-electron chi connectivity index (χ3n) is 5.21. The molecule has 3 amide bonds. The van der Waals surface area contributed by atoms with Gasteiger partial charge in [-0.05, 0) is 38.8 Å². The van der Waals surface area contributed by atoms with E-state index in [9.17, 15) is 9.59 Å². The molecule has 1 aliphatic carbocycles. The molecule has 3 N–H and O–H groups in total. The number of quaternary nitrogens is 1. The van der Waals surface area contributed by atoms with Crippen LogP contribution in [0.5, 0.6) is 5.75 Å². The second-order valence-corrected chi connectivity index (χ2v) is 7.36. The predicted molar refractivity (Wildman–Crippen MR) is 101 cm³/mol. The number of carbonyl (C=O) groups is 2. The van der Waals surface area contributed by atoms with Crippen molar-refractivity contribution in [1.82, 2.24) is 10.6 Å². The number of hydrogen-bond acceptors (Lipinski definition) is 3. The number of hydrogen-bond donors (Lipinski definition) is 3. The lowest BCUT2D eigenvalue weighted by atomic mass is 9.96. The first-order valence-corrected chi connectivity index (χ1v) is 9.48. The van der Waals surface area contributed by atoms with E-state index in [1.165, 1.54) is 6.42 Å². The van der Waals surface area contributed by atoms with E-state index in [1.54, 1.807) is 7.11 Å². The molecule has 0 heterocycles. The number of nitrogens with one attached hydrogen (secondary N) is 3. The Balaban J connectivity index is 1.88. The highest BCUT2D eigenvalue weighted by Crippen LogP contribution is 2.19. The van der Waals surface area contributed by atoms with Gasteiger partial charge in [-0.3, -0.25) is 10.1 Å². The molecule has 1 saturated carbocycles. The van der Waals surface area contributed by atoms with E-state index < -0.39 is 0 Å². The SMILES string of the molecule is COc1ccc(C)cc1C[NH+](C)[C@H](C)C(=O)NC(=O)NC1CCCCC1. The molecule has 1 fully saturated rings. The summed E-state index contributed by atoms with van der Waals surface area (Å²) in [5, 5.41) is 5.41. The predicted octanol–water partition coefficient (Wildman–Crippen LogP) is 1.57. The van der Waals surface area contributed by atoms with Crippen LogP contribution in [0.3, 0.4) is 0 Å². The Labute approximate surface area is 156 Å². The van der Waals surface area contributed by atoms with Crippen molar-refractivity contribution < 1.29 is 19.2 Å². The van der Waals surface area contributed by atoms with Crippen molar-refractivity contribution >= 4 is 11.9 Å². The molecule has 144 valence electrons. The Morgan fingerprint density at radius 1 is 1.27 bits per heavy atom. The summed E-state index contributed by atoms with van der Waals surface area (Å²) in [4.78, 5) is 25.5. The van der Waals surface area contributed by atoms with Crippen LogP contribution >= 0.6 is 0 Å². The summed E-state index contributed by atoms with van der Waals surface area (Å²) in [5.74, 6) is 0.556. The third-order valence-corrected chi connectivity index (χ3v) is 5.21. The lowest BCUT2D eigenvalue weighted by Crippen LogP contribution is -3.12. The van der Waals surface area contributed by atoms with Gasteiger partial charge in [-0.2, -0.15) is 0 Å². The minimum atomic E-state index is -0.380. The lowest BCUT2D eigenvalue weighted by molar-refractivity contribution is -0.908. The van der Waals surface area contributed by atoms with Crippen molar-refractivity contribution in [1.29, 1.82) is 0 Å². The lowest BCUT2D eigenvalue weighted by Gasteiger charge is -2.24. The number of benzene rings is 1. The molecule has 0 bridgehead atoms. The zero-order chi connectivity index (χ0) is 19.1. The van der Waals surface area contributed by atoms with Crippen LogP contribution in [0, 0.1) is 6.92 Å². The quantitative estimate of drug-likeness (QED) is 0.719. The van der Waals surface area contributed by atoms with Gasteiger partial charge in [-0.25, -0.2) is 4.79 Å². The smallest absolute Gasteiger partial charge is 0.321 e. The van der Waals surface area contributed by atoms with E-state index in [2.05, 4.69) is 16.7 Å². The first-order valence-electron chi connectivity index (χ1n) is 9.48. The van der Waals surface area contributed by atoms with Gasteiger partial charge in [0.2, 0.25) is 0 Å². The van der Waals surface area contributed by atoms with E-state index in [-0.39, 0.29) is 24.0 Å².